The van der Waals surface area contributed by atoms with Crippen LogP contribution in [0.3, 0.4) is 0 Å². The summed E-state index contributed by atoms with van der Waals surface area (Å²) < 4.78 is 1.86. The first kappa shape index (κ1) is 11.6. The number of rotatable bonds is 2. The SMILES string of the molecule is CC1CCCC(N)(Cc2cnn(C)c2)C1C. The molecule has 1 aliphatic carbocycles. The Bertz CT molecular complexity index is 358. The van der Waals surface area contributed by atoms with Gasteiger partial charge >= 0.3 is 0 Å². The molecule has 1 aliphatic rings. The lowest BCUT2D eigenvalue weighted by atomic mass is 9.67. The molecule has 0 aliphatic heterocycles. The van der Waals surface area contributed by atoms with Gasteiger partial charge in [0.15, 0.2) is 0 Å². The zero-order valence-electron chi connectivity index (χ0n) is 10.6. The van der Waals surface area contributed by atoms with Crippen LogP contribution in [0.2, 0.25) is 0 Å². The molecule has 3 nitrogen and oxygen atoms in total. The smallest absolute Gasteiger partial charge is 0.0522 e. The molecule has 0 saturated heterocycles. The maximum absolute atomic E-state index is 6.60. The Kier molecular flexibility index (Phi) is 3.06. The Balaban J connectivity index is 2.12. The predicted octanol–water partition coefficient (Wildman–Crippen LogP) is 2.12. The van der Waals surface area contributed by atoms with E-state index in [1.807, 2.05) is 17.9 Å². The van der Waals surface area contributed by atoms with Gasteiger partial charge in [-0.1, -0.05) is 26.7 Å². The van der Waals surface area contributed by atoms with Crippen molar-refractivity contribution in [2.75, 3.05) is 0 Å². The molecule has 1 aromatic heterocycles. The molecule has 2 rings (SSSR count). The van der Waals surface area contributed by atoms with Crippen LogP contribution in [0.1, 0.15) is 38.7 Å². The van der Waals surface area contributed by atoms with Gasteiger partial charge in [0, 0.05) is 18.8 Å². The van der Waals surface area contributed by atoms with E-state index >= 15 is 0 Å². The topological polar surface area (TPSA) is 43.8 Å². The summed E-state index contributed by atoms with van der Waals surface area (Å²) in [4.78, 5) is 0. The van der Waals surface area contributed by atoms with Gasteiger partial charge in [-0.05, 0) is 30.2 Å². The third-order valence-corrected chi connectivity index (χ3v) is 4.35. The van der Waals surface area contributed by atoms with Crippen LogP contribution >= 0.6 is 0 Å². The van der Waals surface area contributed by atoms with Crippen LogP contribution in [0.15, 0.2) is 12.4 Å². The zero-order valence-corrected chi connectivity index (χ0v) is 10.6. The fourth-order valence-corrected chi connectivity index (χ4v) is 2.99. The van der Waals surface area contributed by atoms with E-state index in [0.717, 1.165) is 18.8 Å². The van der Waals surface area contributed by atoms with Gasteiger partial charge in [-0.25, -0.2) is 0 Å². The van der Waals surface area contributed by atoms with E-state index in [4.69, 9.17) is 5.73 Å². The normalized spacial score (nSPS) is 35.2. The first-order valence-corrected chi connectivity index (χ1v) is 6.28. The standard InChI is InChI=1S/C13H23N3/c1-10-5-4-6-13(14,11(10)2)7-12-8-15-16(3)9-12/h8-11H,4-7,14H2,1-3H3. The van der Waals surface area contributed by atoms with Gasteiger partial charge in [-0.2, -0.15) is 5.10 Å². The second-order valence-electron chi connectivity index (χ2n) is 5.59. The van der Waals surface area contributed by atoms with Crippen LogP contribution in [-0.4, -0.2) is 15.3 Å². The van der Waals surface area contributed by atoms with Crippen LogP contribution in [0.5, 0.6) is 0 Å². The molecule has 90 valence electrons. The minimum Gasteiger partial charge on any atom is -0.325 e. The summed E-state index contributed by atoms with van der Waals surface area (Å²) in [5, 5.41) is 4.22. The molecule has 0 amide bonds. The van der Waals surface area contributed by atoms with Gasteiger partial charge in [-0.3, -0.25) is 4.68 Å². The van der Waals surface area contributed by atoms with Gasteiger partial charge in [0.1, 0.15) is 0 Å². The van der Waals surface area contributed by atoms with Crippen LogP contribution in [0, 0.1) is 11.8 Å². The van der Waals surface area contributed by atoms with Crippen LogP contribution < -0.4 is 5.73 Å². The van der Waals surface area contributed by atoms with E-state index in [1.54, 1.807) is 0 Å². The molecular formula is C13H23N3. The van der Waals surface area contributed by atoms with Gasteiger partial charge in [0.05, 0.1) is 6.20 Å². The van der Waals surface area contributed by atoms with Crippen molar-refractivity contribution in [2.24, 2.45) is 24.6 Å². The summed E-state index contributed by atoms with van der Waals surface area (Å²) in [5.41, 5.74) is 7.84. The first-order chi connectivity index (χ1) is 7.51. The van der Waals surface area contributed by atoms with Crippen molar-refractivity contribution in [1.29, 1.82) is 0 Å². The Labute approximate surface area is 98.0 Å². The average Bonchev–Trinajstić information content (AvgIpc) is 2.60. The molecule has 3 atom stereocenters. The number of nitrogens with zero attached hydrogens (tertiary/aromatic N) is 2. The van der Waals surface area contributed by atoms with Crippen molar-refractivity contribution < 1.29 is 0 Å². The second kappa shape index (κ2) is 4.21. The largest absolute Gasteiger partial charge is 0.325 e. The number of hydrogen-bond acceptors (Lipinski definition) is 2. The third kappa shape index (κ3) is 2.14. The van der Waals surface area contributed by atoms with E-state index in [1.165, 1.54) is 18.4 Å². The highest BCUT2D eigenvalue weighted by atomic mass is 15.2. The Morgan fingerprint density at radius 3 is 2.94 bits per heavy atom. The fraction of sp³-hybridized carbons (Fsp3) is 0.769. The summed E-state index contributed by atoms with van der Waals surface area (Å²) >= 11 is 0. The van der Waals surface area contributed by atoms with Crippen LogP contribution in [0.4, 0.5) is 0 Å². The van der Waals surface area contributed by atoms with E-state index in [0.29, 0.717) is 5.92 Å². The lowest BCUT2D eigenvalue weighted by Gasteiger charge is -2.43. The Morgan fingerprint density at radius 1 is 1.56 bits per heavy atom. The quantitative estimate of drug-likeness (QED) is 0.831. The van der Waals surface area contributed by atoms with Gasteiger partial charge < -0.3 is 5.73 Å². The molecule has 2 N–H and O–H groups in total. The zero-order chi connectivity index (χ0) is 11.8. The van der Waals surface area contributed by atoms with Crippen LogP contribution in [0.25, 0.3) is 0 Å². The molecular weight excluding hydrogens is 198 g/mol. The predicted molar refractivity (Wildman–Crippen MR) is 66.0 cm³/mol. The highest BCUT2D eigenvalue weighted by Crippen LogP contribution is 2.37. The molecule has 1 heterocycles. The van der Waals surface area contributed by atoms with E-state index < -0.39 is 0 Å². The maximum atomic E-state index is 6.60. The molecule has 1 aromatic rings. The van der Waals surface area contributed by atoms with E-state index in [9.17, 15) is 0 Å². The molecule has 16 heavy (non-hydrogen) atoms. The van der Waals surface area contributed by atoms with Crippen LogP contribution in [-0.2, 0) is 13.5 Å². The molecule has 0 bridgehead atoms. The number of nitrogens with two attached hydrogens (primary N) is 1. The lowest BCUT2D eigenvalue weighted by Crippen LogP contribution is -2.52. The van der Waals surface area contributed by atoms with Crippen molar-refractivity contribution in [3.05, 3.63) is 18.0 Å². The summed E-state index contributed by atoms with van der Waals surface area (Å²) in [6.45, 7) is 4.63. The van der Waals surface area contributed by atoms with Gasteiger partial charge in [0.25, 0.3) is 0 Å². The van der Waals surface area contributed by atoms with Crippen molar-refractivity contribution in [2.45, 2.75) is 45.1 Å². The van der Waals surface area contributed by atoms with Crippen molar-refractivity contribution >= 4 is 0 Å². The van der Waals surface area contributed by atoms with Crippen molar-refractivity contribution in [1.82, 2.24) is 9.78 Å². The number of aromatic nitrogens is 2. The minimum atomic E-state index is -0.0271. The summed E-state index contributed by atoms with van der Waals surface area (Å²) in [6, 6.07) is 0. The maximum Gasteiger partial charge on any atom is 0.0522 e. The molecule has 0 aromatic carbocycles. The van der Waals surface area contributed by atoms with Crippen molar-refractivity contribution in [3.8, 4) is 0 Å². The summed E-state index contributed by atoms with van der Waals surface area (Å²) in [7, 11) is 1.96. The van der Waals surface area contributed by atoms with E-state index in [-0.39, 0.29) is 5.54 Å². The molecule has 1 saturated carbocycles. The molecule has 0 spiro atoms. The highest BCUT2D eigenvalue weighted by molar-refractivity contribution is 5.11. The number of aryl methyl sites for hydroxylation is 1. The Hall–Kier alpha value is -0.830. The number of hydrogen-bond donors (Lipinski definition) is 1. The summed E-state index contributed by atoms with van der Waals surface area (Å²) in [5.74, 6) is 1.34. The van der Waals surface area contributed by atoms with Crippen molar-refractivity contribution in [3.63, 3.8) is 0 Å². The molecule has 3 heteroatoms. The van der Waals surface area contributed by atoms with Gasteiger partial charge in [0.2, 0.25) is 0 Å². The summed E-state index contributed by atoms with van der Waals surface area (Å²) in [6.07, 6.45) is 8.73. The fourth-order valence-electron chi connectivity index (χ4n) is 2.99. The molecule has 0 radical (unpaired) electrons. The average molecular weight is 221 g/mol. The third-order valence-electron chi connectivity index (χ3n) is 4.35. The van der Waals surface area contributed by atoms with Gasteiger partial charge in [-0.15, -0.1) is 0 Å². The second-order valence-corrected chi connectivity index (χ2v) is 5.59. The monoisotopic (exact) mass is 221 g/mol. The highest BCUT2D eigenvalue weighted by Gasteiger charge is 2.38. The lowest BCUT2D eigenvalue weighted by molar-refractivity contribution is 0.143. The molecule has 1 fully saturated rings. The first-order valence-electron chi connectivity index (χ1n) is 6.28. The minimum absolute atomic E-state index is 0.0271. The Morgan fingerprint density at radius 2 is 2.31 bits per heavy atom. The van der Waals surface area contributed by atoms with E-state index in [2.05, 4.69) is 25.1 Å². The molecule has 3 unspecified atom stereocenters.